The molecule has 0 saturated carbocycles. The first-order chi connectivity index (χ1) is 19.1. The third-order valence-electron chi connectivity index (χ3n) is 5.62. The number of halogens is 2. The number of thiazole rings is 1. The van der Waals surface area contributed by atoms with Gasteiger partial charge in [0, 0.05) is 28.6 Å². The second-order valence-corrected chi connectivity index (χ2v) is 14.0. The zero-order valence-electron chi connectivity index (χ0n) is 23.5. The van der Waals surface area contributed by atoms with Gasteiger partial charge in [-0.1, -0.05) is 51.5 Å². The Kier molecular flexibility index (Phi) is 10.6. The normalized spacial score (nSPS) is 12.5. The third-order valence-corrected chi connectivity index (χ3v) is 9.29. The Morgan fingerprint density at radius 1 is 1.27 bits per heavy atom. The number of carbonyl (C=O) groups excluding carboxylic acids is 1. The number of hydrogen-bond donors (Lipinski definition) is 3. The molecular formula is C26H32ClFN6O4S3. The number of sulfonamides is 1. The van der Waals surface area contributed by atoms with Crippen LogP contribution in [-0.4, -0.2) is 59.8 Å². The van der Waals surface area contributed by atoms with Crippen molar-refractivity contribution in [2.45, 2.75) is 52.5 Å². The van der Waals surface area contributed by atoms with Gasteiger partial charge in [0.1, 0.15) is 5.82 Å². The second-order valence-electron chi connectivity index (χ2n) is 10.1. The van der Waals surface area contributed by atoms with Crippen molar-refractivity contribution >= 4 is 67.8 Å². The third kappa shape index (κ3) is 8.53. The lowest BCUT2D eigenvalue weighted by Crippen LogP contribution is -2.43. The Balaban J connectivity index is 2.07. The van der Waals surface area contributed by atoms with E-state index in [0.29, 0.717) is 27.6 Å². The van der Waals surface area contributed by atoms with Gasteiger partial charge in [0.25, 0.3) is 0 Å². The van der Waals surface area contributed by atoms with Crippen LogP contribution in [0.25, 0.3) is 21.8 Å². The Labute approximate surface area is 253 Å². The predicted octanol–water partition coefficient (Wildman–Crippen LogP) is 6.04. The lowest BCUT2D eigenvalue weighted by atomic mass is 9.98. The number of ether oxygens (including phenoxy) is 1. The van der Waals surface area contributed by atoms with Gasteiger partial charge in [-0.2, -0.15) is 0 Å². The van der Waals surface area contributed by atoms with Gasteiger partial charge < -0.3 is 15.4 Å². The Bertz CT molecular complexity index is 1540. The number of aromatic nitrogens is 3. The first-order valence-corrected chi connectivity index (χ1v) is 15.8. The minimum Gasteiger partial charge on any atom is -0.453 e. The van der Waals surface area contributed by atoms with Crippen LogP contribution in [0.15, 0.2) is 24.4 Å². The largest absolute Gasteiger partial charge is 0.453 e. The molecule has 0 aliphatic rings. The highest BCUT2D eigenvalue weighted by Crippen LogP contribution is 2.44. The summed E-state index contributed by atoms with van der Waals surface area (Å²) in [6.45, 7) is 9.61. The van der Waals surface area contributed by atoms with E-state index < -0.39 is 28.0 Å². The van der Waals surface area contributed by atoms with E-state index in [1.807, 2.05) is 20.8 Å². The van der Waals surface area contributed by atoms with Crippen molar-refractivity contribution in [1.29, 1.82) is 0 Å². The lowest BCUT2D eigenvalue weighted by molar-refractivity contribution is 0.170. The van der Waals surface area contributed by atoms with Gasteiger partial charge in [0.05, 0.1) is 50.9 Å². The minimum absolute atomic E-state index is 0.0127. The molecule has 0 radical (unpaired) electrons. The smallest absolute Gasteiger partial charge is 0.407 e. The van der Waals surface area contributed by atoms with E-state index in [2.05, 4.69) is 30.1 Å². The van der Waals surface area contributed by atoms with Gasteiger partial charge >= 0.3 is 6.09 Å². The molecule has 0 bridgehead atoms. The van der Waals surface area contributed by atoms with Gasteiger partial charge in [0.15, 0.2) is 0 Å². The van der Waals surface area contributed by atoms with Crippen molar-refractivity contribution in [2.75, 3.05) is 29.4 Å². The summed E-state index contributed by atoms with van der Waals surface area (Å²) in [5, 5.41) is 6.47. The van der Waals surface area contributed by atoms with Gasteiger partial charge in [-0.05, 0) is 31.5 Å². The number of methoxy groups -OCH3 is 1. The number of rotatable bonds is 11. The lowest BCUT2D eigenvalue weighted by Gasteiger charge is -2.17. The highest BCUT2D eigenvalue weighted by Gasteiger charge is 2.27. The number of carbonyl (C=O) groups is 1. The van der Waals surface area contributed by atoms with Crippen LogP contribution < -0.4 is 15.4 Å². The summed E-state index contributed by atoms with van der Waals surface area (Å²) in [6, 6.07) is 3.43. The Morgan fingerprint density at radius 2 is 1.98 bits per heavy atom. The number of thiocarbonyl (C=S) groups is 1. The number of alkyl carbamates (subject to hydrolysis) is 1. The summed E-state index contributed by atoms with van der Waals surface area (Å²) in [7, 11) is -2.47. The molecule has 0 fully saturated rings. The molecule has 1 amide bonds. The first-order valence-electron chi connectivity index (χ1n) is 12.6. The van der Waals surface area contributed by atoms with E-state index in [1.54, 1.807) is 26.1 Å². The standard InChI is InChI=1S/C26H32ClFN6O4S3/c1-7-10-41(36,37)34-18-12-15(28)11-16(20(18)27)21-22(40-23(33-21)26(3,4)5)17-8-9-29-24(31-17)30-13-19(14(2)39)32-25(35)38-6/h8-9,11-12,19,34H,7,10,13H2,1-6H3,(H,32,35)(H,29,30,31). The maximum Gasteiger partial charge on any atom is 0.407 e. The molecule has 1 unspecified atom stereocenters. The van der Waals surface area contributed by atoms with Crippen LogP contribution >= 0.6 is 35.2 Å². The molecule has 2 aromatic heterocycles. The molecule has 3 N–H and O–H groups in total. The fraction of sp³-hybridized carbons (Fsp3) is 0.423. The fourth-order valence-electron chi connectivity index (χ4n) is 3.58. The summed E-state index contributed by atoms with van der Waals surface area (Å²) in [6.07, 6.45) is 1.31. The maximum absolute atomic E-state index is 14.8. The van der Waals surface area contributed by atoms with Crippen molar-refractivity contribution in [3.05, 3.63) is 40.2 Å². The summed E-state index contributed by atoms with van der Waals surface area (Å²) in [5.74, 6) is -0.564. The zero-order valence-corrected chi connectivity index (χ0v) is 26.7. The van der Waals surface area contributed by atoms with Crippen molar-refractivity contribution < 1.29 is 22.3 Å². The summed E-state index contributed by atoms with van der Waals surface area (Å²) in [4.78, 5) is 26.5. The molecular weight excluding hydrogens is 611 g/mol. The SMILES string of the molecule is CCCS(=O)(=O)Nc1cc(F)cc(-c2nc(C(C)(C)C)sc2-c2ccnc(NCC(NC(=O)OC)C(C)=S)n2)c1Cl. The Hall–Kier alpha value is -2.94. The molecule has 0 aliphatic heterocycles. The molecule has 1 aromatic carbocycles. The molecule has 15 heteroatoms. The van der Waals surface area contributed by atoms with Crippen LogP contribution in [0.3, 0.4) is 0 Å². The predicted molar refractivity (Wildman–Crippen MR) is 166 cm³/mol. The molecule has 3 rings (SSSR count). The average Bonchev–Trinajstić information content (AvgIpc) is 3.34. The number of benzene rings is 1. The van der Waals surface area contributed by atoms with Gasteiger partial charge in [-0.15, -0.1) is 11.3 Å². The highest BCUT2D eigenvalue weighted by atomic mass is 35.5. The van der Waals surface area contributed by atoms with Gasteiger partial charge in [-0.3, -0.25) is 4.72 Å². The molecule has 41 heavy (non-hydrogen) atoms. The molecule has 10 nitrogen and oxygen atoms in total. The number of nitrogens with one attached hydrogen (secondary N) is 3. The topological polar surface area (TPSA) is 135 Å². The van der Waals surface area contributed by atoms with Crippen LogP contribution in [-0.2, 0) is 20.2 Å². The molecule has 1 atom stereocenters. The van der Waals surface area contributed by atoms with E-state index in [-0.39, 0.29) is 39.9 Å². The van der Waals surface area contributed by atoms with E-state index in [9.17, 15) is 17.6 Å². The molecule has 222 valence electrons. The van der Waals surface area contributed by atoms with Crippen LogP contribution in [0, 0.1) is 5.82 Å². The van der Waals surface area contributed by atoms with Crippen LogP contribution in [0.5, 0.6) is 0 Å². The van der Waals surface area contributed by atoms with Gasteiger partial charge in [0.2, 0.25) is 16.0 Å². The average molecular weight is 643 g/mol. The first kappa shape index (κ1) is 32.6. The Morgan fingerprint density at radius 3 is 2.59 bits per heavy atom. The van der Waals surface area contributed by atoms with E-state index in [4.69, 9.17) is 28.8 Å². The fourth-order valence-corrected chi connectivity index (χ4v) is 6.27. The number of amides is 1. The summed E-state index contributed by atoms with van der Waals surface area (Å²) >= 11 is 13.3. The van der Waals surface area contributed by atoms with Crippen molar-refractivity contribution in [3.8, 4) is 21.8 Å². The molecule has 3 aromatic rings. The molecule has 0 saturated heterocycles. The molecule has 0 spiro atoms. The van der Waals surface area contributed by atoms with Crippen molar-refractivity contribution in [2.24, 2.45) is 0 Å². The summed E-state index contributed by atoms with van der Waals surface area (Å²) < 4.78 is 46.8. The van der Waals surface area contributed by atoms with E-state index in [1.165, 1.54) is 24.5 Å². The highest BCUT2D eigenvalue weighted by molar-refractivity contribution is 7.92. The molecule has 0 aliphatic carbocycles. The zero-order chi connectivity index (χ0) is 30.5. The monoisotopic (exact) mass is 642 g/mol. The van der Waals surface area contributed by atoms with Crippen LogP contribution in [0.2, 0.25) is 5.02 Å². The molecule has 2 heterocycles. The number of nitrogens with zero attached hydrogens (tertiary/aromatic N) is 3. The minimum atomic E-state index is -3.73. The van der Waals surface area contributed by atoms with Crippen molar-refractivity contribution in [1.82, 2.24) is 20.3 Å². The van der Waals surface area contributed by atoms with E-state index >= 15 is 0 Å². The second kappa shape index (κ2) is 13.4. The van der Waals surface area contributed by atoms with Gasteiger partial charge in [-0.25, -0.2) is 32.6 Å². The summed E-state index contributed by atoms with van der Waals surface area (Å²) in [5.41, 5.74) is 0.617. The van der Waals surface area contributed by atoms with Crippen LogP contribution in [0.1, 0.15) is 46.0 Å². The maximum atomic E-state index is 14.8. The number of hydrogen-bond acceptors (Lipinski definition) is 10. The van der Waals surface area contributed by atoms with E-state index in [0.717, 1.165) is 11.1 Å². The number of anilines is 2. The van der Waals surface area contributed by atoms with Crippen molar-refractivity contribution in [3.63, 3.8) is 0 Å². The van der Waals surface area contributed by atoms with Crippen LogP contribution in [0.4, 0.5) is 20.8 Å². The quantitative estimate of drug-likeness (QED) is 0.214.